The highest BCUT2D eigenvalue weighted by Gasteiger charge is 2.21. The Bertz CT molecular complexity index is 1480. The van der Waals surface area contributed by atoms with Gasteiger partial charge in [-0.25, -0.2) is 18.0 Å². The van der Waals surface area contributed by atoms with Crippen LogP contribution >= 0.6 is 0 Å². The lowest BCUT2D eigenvalue weighted by molar-refractivity contribution is 0.0941. The number of rotatable bonds is 6. The average molecular weight is 466 g/mol. The Morgan fingerprint density at radius 1 is 0.853 bits per heavy atom. The van der Waals surface area contributed by atoms with Crippen LogP contribution in [0.2, 0.25) is 0 Å². The molecular formula is C24H17F3N4O3. The lowest BCUT2D eigenvalue weighted by Gasteiger charge is -2.13. The van der Waals surface area contributed by atoms with Gasteiger partial charge in [-0.3, -0.25) is 14.2 Å². The third-order valence-electron chi connectivity index (χ3n) is 4.95. The Morgan fingerprint density at radius 3 is 2.29 bits per heavy atom. The number of para-hydroxylation sites is 1. The molecule has 7 nitrogen and oxygen atoms in total. The van der Waals surface area contributed by atoms with E-state index in [0.29, 0.717) is 14.8 Å². The Morgan fingerprint density at radius 2 is 1.59 bits per heavy atom. The predicted octanol–water partition coefficient (Wildman–Crippen LogP) is 2.79. The fourth-order valence-electron chi connectivity index (χ4n) is 3.26. The number of hydrogen-bond donors (Lipinski definition) is 1. The van der Waals surface area contributed by atoms with Crippen molar-refractivity contribution >= 4 is 5.91 Å². The normalized spacial score (nSPS) is 10.8. The number of carbonyl (C=O) groups excluding carboxylic acids is 1. The molecule has 1 heterocycles. The molecule has 0 bridgehead atoms. The van der Waals surface area contributed by atoms with Crippen molar-refractivity contribution in [2.24, 2.45) is 0 Å². The summed E-state index contributed by atoms with van der Waals surface area (Å²) in [7, 11) is 0. The highest BCUT2D eigenvalue weighted by Crippen LogP contribution is 2.10. The molecule has 4 aromatic rings. The van der Waals surface area contributed by atoms with Gasteiger partial charge in [0.2, 0.25) is 5.69 Å². The van der Waals surface area contributed by atoms with Crippen LogP contribution in [0.3, 0.4) is 0 Å². The van der Waals surface area contributed by atoms with Crippen LogP contribution < -0.4 is 16.6 Å². The van der Waals surface area contributed by atoms with E-state index in [1.54, 1.807) is 0 Å². The number of nitrogens with zero attached hydrogens (tertiary/aromatic N) is 3. The predicted molar refractivity (Wildman–Crippen MR) is 117 cm³/mol. The molecule has 0 aliphatic carbocycles. The Kier molecular flexibility index (Phi) is 6.39. The topological polar surface area (TPSA) is 86.0 Å². The first-order valence-corrected chi connectivity index (χ1v) is 10.1. The third-order valence-corrected chi connectivity index (χ3v) is 4.95. The molecule has 0 saturated heterocycles. The molecule has 0 saturated carbocycles. The molecule has 0 fully saturated rings. The lowest BCUT2D eigenvalue weighted by Crippen LogP contribution is -2.46. The van der Waals surface area contributed by atoms with Crippen molar-refractivity contribution in [1.82, 2.24) is 19.7 Å². The van der Waals surface area contributed by atoms with Gasteiger partial charge in [0.1, 0.15) is 23.1 Å². The smallest absolute Gasteiger partial charge is 0.346 e. The summed E-state index contributed by atoms with van der Waals surface area (Å²) in [6, 6.07) is 15.8. The van der Waals surface area contributed by atoms with Crippen LogP contribution in [0.1, 0.15) is 21.6 Å². The number of halogens is 3. The molecule has 0 radical (unpaired) electrons. The van der Waals surface area contributed by atoms with E-state index >= 15 is 0 Å². The third kappa shape index (κ3) is 4.80. The van der Waals surface area contributed by atoms with Crippen LogP contribution in [0.5, 0.6) is 0 Å². The minimum Gasteiger partial charge on any atom is -0.346 e. The number of amides is 1. The molecule has 172 valence electrons. The average Bonchev–Trinajstić information content (AvgIpc) is 2.82. The second-order valence-corrected chi connectivity index (χ2v) is 7.32. The molecule has 0 aliphatic rings. The lowest BCUT2D eigenvalue weighted by atomic mass is 10.2. The van der Waals surface area contributed by atoms with Crippen LogP contribution in [-0.2, 0) is 13.1 Å². The van der Waals surface area contributed by atoms with Gasteiger partial charge < -0.3 is 5.32 Å². The van der Waals surface area contributed by atoms with Gasteiger partial charge in [-0.15, -0.1) is 0 Å². The van der Waals surface area contributed by atoms with Crippen LogP contribution in [0.15, 0.2) is 82.4 Å². The molecule has 1 N–H and O–H groups in total. The number of carbonyl (C=O) groups is 1. The highest BCUT2D eigenvalue weighted by atomic mass is 19.1. The molecular weight excluding hydrogens is 449 g/mol. The van der Waals surface area contributed by atoms with Crippen molar-refractivity contribution in [3.05, 3.63) is 128 Å². The van der Waals surface area contributed by atoms with E-state index in [-0.39, 0.29) is 24.3 Å². The van der Waals surface area contributed by atoms with Crippen molar-refractivity contribution in [3.63, 3.8) is 0 Å². The maximum atomic E-state index is 14.4. The summed E-state index contributed by atoms with van der Waals surface area (Å²) in [6.07, 6.45) is 0. The zero-order valence-corrected chi connectivity index (χ0v) is 17.5. The summed E-state index contributed by atoms with van der Waals surface area (Å²) >= 11 is 0. The first-order chi connectivity index (χ1) is 16.3. The van der Waals surface area contributed by atoms with Crippen molar-refractivity contribution in [1.29, 1.82) is 0 Å². The SMILES string of the molecule is O=C(NCc1ccc(F)cc1)c1nn(-c2ccccc2F)c(=O)n(Cc2cccc(F)c2)c1=O. The number of aromatic nitrogens is 3. The van der Waals surface area contributed by atoms with Gasteiger partial charge in [-0.2, -0.15) is 9.78 Å². The van der Waals surface area contributed by atoms with Crippen molar-refractivity contribution in [3.8, 4) is 5.69 Å². The second-order valence-electron chi connectivity index (χ2n) is 7.32. The molecule has 0 spiro atoms. The molecule has 34 heavy (non-hydrogen) atoms. The van der Waals surface area contributed by atoms with E-state index in [1.807, 2.05) is 0 Å². The molecule has 3 aromatic carbocycles. The standard InChI is InChI=1S/C24H17F3N4O3/c25-17-10-8-15(9-11-17)13-28-22(32)21-23(33)30(14-16-4-3-5-18(26)12-16)24(34)31(29-21)20-7-2-1-6-19(20)27/h1-12H,13-14H2,(H,28,32). The van der Waals surface area contributed by atoms with E-state index in [4.69, 9.17) is 0 Å². The van der Waals surface area contributed by atoms with Gasteiger partial charge in [-0.05, 0) is 47.5 Å². The van der Waals surface area contributed by atoms with Gasteiger partial charge >= 0.3 is 5.69 Å². The zero-order valence-electron chi connectivity index (χ0n) is 17.5. The van der Waals surface area contributed by atoms with Crippen molar-refractivity contribution in [2.45, 2.75) is 13.1 Å². The van der Waals surface area contributed by atoms with Gasteiger partial charge in [-0.1, -0.05) is 36.4 Å². The summed E-state index contributed by atoms with van der Waals surface area (Å²) in [4.78, 5) is 38.9. The Hall–Kier alpha value is -4.47. The summed E-state index contributed by atoms with van der Waals surface area (Å²) in [5.41, 5.74) is -2.14. The van der Waals surface area contributed by atoms with E-state index in [0.717, 1.165) is 12.1 Å². The first kappa shape index (κ1) is 22.7. The molecule has 0 aliphatic heterocycles. The Balaban J connectivity index is 1.78. The fourth-order valence-corrected chi connectivity index (χ4v) is 3.26. The van der Waals surface area contributed by atoms with Gasteiger partial charge in [0.15, 0.2) is 0 Å². The molecule has 4 rings (SSSR count). The number of benzene rings is 3. The quantitative estimate of drug-likeness (QED) is 0.474. The van der Waals surface area contributed by atoms with Crippen LogP contribution in [0.25, 0.3) is 5.69 Å². The van der Waals surface area contributed by atoms with Crippen molar-refractivity contribution < 1.29 is 18.0 Å². The van der Waals surface area contributed by atoms with E-state index < -0.39 is 40.3 Å². The van der Waals surface area contributed by atoms with Gasteiger partial charge in [0, 0.05) is 6.54 Å². The van der Waals surface area contributed by atoms with Crippen LogP contribution in [0, 0.1) is 17.5 Å². The minimum atomic E-state index is -1.03. The number of hydrogen-bond acceptors (Lipinski definition) is 4. The Labute approximate surface area is 190 Å². The molecule has 0 unspecified atom stereocenters. The van der Waals surface area contributed by atoms with E-state index in [9.17, 15) is 27.6 Å². The van der Waals surface area contributed by atoms with Gasteiger partial charge in [0.05, 0.1) is 6.54 Å². The monoisotopic (exact) mass is 466 g/mol. The highest BCUT2D eigenvalue weighted by molar-refractivity contribution is 5.91. The molecule has 1 amide bonds. The molecule has 1 aromatic heterocycles. The summed E-state index contributed by atoms with van der Waals surface area (Å²) in [5.74, 6) is -2.75. The summed E-state index contributed by atoms with van der Waals surface area (Å²) < 4.78 is 42.5. The number of nitrogens with one attached hydrogen (secondary N) is 1. The van der Waals surface area contributed by atoms with Gasteiger partial charge in [0.25, 0.3) is 11.5 Å². The minimum absolute atomic E-state index is 0.0526. The van der Waals surface area contributed by atoms with E-state index in [1.165, 1.54) is 60.7 Å². The summed E-state index contributed by atoms with van der Waals surface area (Å²) in [6.45, 7) is -0.423. The molecule has 10 heteroatoms. The fraction of sp³-hybridized carbons (Fsp3) is 0.0833. The van der Waals surface area contributed by atoms with Crippen molar-refractivity contribution in [2.75, 3.05) is 0 Å². The maximum Gasteiger partial charge on any atom is 0.352 e. The summed E-state index contributed by atoms with van der Waals surface area (Å²) in [5, 5.41) is 6.32. The largest absolute Gasteiger partial charge is 0.352 e. The van der Waals surface area contributed by atoms with E-state index in [2.05, 4.69) is 10.4 Å². The second kappa shape index (κ2) is 9.57. The maximum absolute atomic E-state index is 14.4. The van der Waals surface area contributed by atoms with Crippen LogP contribution in [0.4, 0.5) is 13.2 Å². The molecule has 0 atom stereocenters. The zero-order chi connectivity index (χ0) is 24.2. The first-order valence-electron chi connectivity index (χ1n) is 10.1. The van der Waals surface area contributed by atoms with Crippen LogP contribution in [-0.4, -0.2) is 20.3 Å².